The summed E-state index contributed by atoms with van der Waals surface area (Å²) in [5.74, 6) is -0.0463. The Morgan fingerprint density at radius 1 is 1.50 bits per heavy atom. The van der Waals surface area contributed by atoms with Crippen molar-refractivity contribution in [3.8, 4) is 0 Å². The molecule has 1 aromatic rings. The van der Waals surface area contributed by atoms with Crippen molar-refractivity contribution in [3.63, 3.8) is 0 Å². The highest BCUT2D eigenvalue weighted by Gasteiger charge is 2.16. The van der Waals surface area contributed by atoms with Crippen LogP contribution in [0.15, 0.2) is 18.2 Å². The second kappa shape index (κ2) is 7.89. The Bertz CT molecular complexity index is 415. The van der Waals surface area contributed by atoms with Crippen LogP contribution in [0.2, 0.25) is 10.0 Å². The van der Waals surface area contributed by atoms with Gasteiger partial charge in [-0.2, -0.15) is 11.8 Å². The smallest absolute Gasteiger partial charge is 0.320 e. The van der Waals surface area contributed by atoms with Crippen molar-refractivity contribution in [1.29, 1.82) is 0 Å². The van der Waals surface area contributed by atoms with Gasteiger partial charge in [0, 0.05) is 16.6 Å². The van der Waals surface area contributed by atoms with Crippen molar-refractivity contribution in [1.82, 2.24) is 5.32 Å². The number of carboxylic acids is 1. The van der Waals surface area contributed by atoms with Crippen LogP contribution in [0.4, 0.5) is 0 Å². The van der Waals surface area contributed by atoms with Crippen LogP contribution in [0, 0.1) is 0 Å². The number of rotatable bonds is 7. The number of benzene rings is 1. The molecule has 0 radical (unpaired) electrons. The van der Waals surface area contributed by atoms with Gasteiger partial charge in [0.05, 0.1) is 0 Å². The third-order valence-corrected chi connectivity index (χ3v) is 3.70. The fraction of sp³-hybridized carbons (Fsp3) is 0.417. The zero-order valence-corrected chi connectivity index (χ0v) is 12.3. The van der Waals surface area contributed by atoms with Crippen LogP contribution < -0.4 is 5.32 Å². The van der Waals surface area contributed by atoms with E-state index in [2.05, 4.69) is 5.32 Å². The summed E-state index contributed by atoms with van der Waals surface area (Å²) in [7, 11) is 0. The average Bonchev–Trinajstić information content (AvgIpc) is 2.33. The van der Waals surface area contributed by atoms with E-state index in [9.17, 15) is 4.79 Å². The third-order valence-electron chi connectivity index (χ3n) is 2.46. The van der Waals surface area contributed by atoms with Gasteiger partial charge < -0.3 is 10.4 Å². The number of hydrogen-bond donors (Lipinski definition) is 2. The van der Waals surface area contributed by atoms with Gasteiger partial charge in [0.2, 0.25) is 0 Å². The van der Waals surface area contributed by atoms with Crippen LogP contribution in [0.5, 0.6) is 0 Å². The number of halogens is 2. The Labute approximate surface area is 121 Å². The fourth-order valence-electron chi connectivity index (χ4n) is 1.46. The molecule has 2 N–H and O–H groups in total. The molecule has 0 bridgehead atoms. The first-order valence-electron chi connectivity index (χ1n) is 5.43. The lowest BCUT2D eigenvalue weighted by Crippen LogP contribution is -2.36. The molecule has 0 aliphatic carbocycles. The first-order valence-corrected chi connectivity index (χ1v) is 7.58. The molecule has 100 valence electrons. The van der Waals surface area contributed by atoms with E-state index in [0.29, 0.717) is 23.0 Å². The maximum Gasteiger partial charge on any atom is 0.320 e. The van der Waals surface area contributed by atoms with Gasteiger partial charge in [0.15, 0.2) is 0 Å². The molecule has 0 fully saturated rings. The second-order valence-corrected chi connectivity index (χ2v) is 5.62. The summed E-state index contributed by atoms with van der Waals surface area (Å²) in [6, 6.07) is 4.59. The molecule has 0 aliphatic rings. The largest absolute Gasteiger partial charge is 0.480 e. The van der Waals surface area contributed by atoms with E-state index in [1.165, 1.54) is 0 Å². The molecule has 1 aromatic carbocycles. The van der Waals surface area contributed by atoms with Crippen LogP contribution in [0.25, 0.3) is 0 Å². The van der Waals surface area contributed by atoms with E-state index in [0.717, 1.165) is 11.3 Å². The molecule has 1 unspecified atom stereocenters. The summed E-state index contributed by atoms with van der Waals surface area (Å²) in [6.07, 6.45) is 2.53. The van der Waals surface area contributed by atoms with Crippen LogP contribution in [-0.4, -0.2) is 29.1 Å². The van der Waals surface area contributed by atoms with Crippen molar-refractivity contribution >= 4 is 40.9 Å². The van der Waals surface area contributed by atoms with E-state index in [4.69, 9.17) is 28.3 Å². The number of carbonyl (C=O) groups is 1. The van der Waals surface area contributed by atoms with Crippen molar-refractivity contribution < 1.29 is 9.90 Å². The Morgan fingerprint density at radius 3 is 2.83 bits per heavy atom. The lowest BCUT2D eigenvalue weighted by Gasteiger charge is -2.14. The minimum atomic E-state index is -0.845. The maximum atomic E-state index is 11.0. The summed E-state index contributed by atoms with van der Waals surface area (Å²) < 4.78 is 0. The number of hydrogen-bond acceptors (Lipinski definition) is 3. The van der Waals surface area contributed by atoms with E-state index in [1.54, 1.807) is 30.0 Å². The Balaban J connectivity index is 2.60. The van der Waals surface area contributed by atoms with Crippen LogP contribution in [0.1, 0.15) is 12.0 Å². The summed E-state index contributed by atoms with van der Waals surface area (Å²) in [6.45, 7) is 0.394. The topological polar surface area (TPSA) is 49.3 Å². The van der Waals surface area contributed by atoms with Gasteiger partial charge >= 0.3 is 5.97 Å². The Kier molecular flexibility index (Phi) is 6.86. The molecule has 1 rings (SSSR count). The summed E-state index contributed by atoms with van der Waals surface area (Å²) in [5.41, 5.74) is 0.805. The predicted octanol–water partition coefficient (Wildman–Crippen LogP) is 3.29. The van der Waals surface area contributed by atoms with E-state index < -0.39 is 12.0 Å². The lowest BCUT2D eigenvalue weighted by atomic mass is 10.2. The minimum absolute atomic E-state index is 0.394. The van der Waals surface area contributed by atoms with Crippen LogP contribution in [-0.2, 0) is 11.3 Å². The van der Waals surface area contributed by atoms with Gasteiger partial charge in [0.1, 0.15) is 6.04 Å². The molecule has 18 heavy (non-hydrogen) atoms. The van der Waals surface area contributed by atoms with Crippen molar-refractivity contribution in [3.05, 3.63) is 33.8 Å². The average molecular weight is 308 g/mol. The molecule has 0 spiro atoms. The Hall–Kier alpha value is -0.420. The van der Waals surface area contributed by atoms with Crippen molar-refractivity contribution in [2.75, 3.05) is 12.0 Å². The zero-order chi connectivity index (χ0) is 13.5. The van der Waals surface area contributed by atoms with Crippen LogP contribution >= 0.6 is 35.0 Å². The van der Waals surface area contributed by atoms with E-state index in [-0.39, 0.29) is 0 Å². The quantitative estimate of drug-likeness (QED) is 0.811. The summed E-state index contributed by atoms with van der Waals surface area (Å²) in [5, 5.41) is 13.2. The first kappa shape index (κ1) is 15.6. The van der Waals surface area contributed by atoms with Crippen molar-refractivity contribution in [2.45, 2.75) is 19.0 Å². The minimum Gasteiger partial charge on any atom is -0.480 e. The maximum absolute atomic E-state index is 11.0. The SMILES string of the molecule is CSCCC(NCc1cc(Cl)ccc1Cl)C(=O)O. The van der Waals surface area contributed by atoms with Gasteiger partial charge in [0.25, 0.3) is 0 Å². The number of nitrogens with one attached hydrogen (secondary N) is 1. The summed E-state index contributed by atoms with van der Waals surface area (Å²) in [4.78, 5) is 11.0. The summed E-state index contributed by atoms with van der Waals surface area (Å²) >= 11 is 13.5. The molecule has 1 atom stereocenters. The highest BCUT2D eigenvalue weighted by Crippen LogP contribution is 2.20. The highest BCUT2D eigenvalue weighted by atomic mass is 35.5. The third kappa shape index (κ3) is 5.06. The molecular formula is C12H15Cl2NO2S. The molecule has 0 aromatic heterocycles. The standard InChI is InChI=1S/C12H15Cl2NO2S/c1-18-5-4-11(12(16)17)15-7-8-6-9(13)2-3-10(8)14/h2-3,6,11,15H,4-5,7H2,1H3,(H,16,17). The fourth-order valence-corrected chi connectivity index (χ4v) is 2.31. The van der Waals surface area contributed by atoms with Crippen molar-refractivity contribution in [2.24, 2.45) is 0 Å². The molecule has 0 saturated heterocycles. The number of aliphatic carboxylic acids is 1. The number of carboxylic acid groups (broad SMARTS) is 1. The predicted molar refractivity (Wildman–Crippen MR) is 77.7 cm³/mol. The zero-order valence-electron chi connectivity index (χ0n) is 9.95. The van der Waals surface area contributed by atoms with E-state index in [1.807, 2.05) is 6.26 Å². The molecule has 0 aliphatic heterocycles. The molecule has 6 heteroatoms. The number of thioether (sulfide) groups is 1. The molecule has 0 heterocycles. The van der Waals surface area contributed by atoms with Gasteiger partial charge in [-0.05, 0) is 42.2 Å². The molecule has 0 saturated carbocycles. The highest BCUT2D eigenvalue weighted by molar-refractivity contribution is 7.98. The van der Waals surface area contributed by atoms with E-state index >= 15 is 0 Å². The van der Waals surface area contributed by atoms with Gasteiger partial charge in [-0.25, -0.2) is 0 Å². The normalized spacial score (nSPS) is 12.4. The Morgan fingerprint density at radius 2 is 2.22 bits per heavy atom. The van der Waals surface area contributed by atoms with Gasteiger partial charge in [-0.3, -0.25) is 4.79 Å². The molecule has 0 amide bonds. The van der Waals surface area contributed by atoms with Gasteiger partial charge in [-0.1, -0.05) is 23.2 Å². The lowest BCUT2D eigenvalue weighted by molar-refractivity contribution is -0.139. The monoisotopic (exact) mass is 307 g/mol. The van der Waals surface area contributed by atoms with Gasteiger partial charge in [-0.15, -0.1) is 0 Å². The molecular weight excluding hydrogens is 293 g/mol. The first-order chi connectivity index (χ1) is 8.54. The molecule has 3 nitrogen and oxygen atoms in total. The second-order valence-electron chi connectivity index (χ2n) is 3.79. The van der Waals surface area contributed by atoms with Crippen LogP contribution in [0.3, 0.4) is 0 Å².